The largest absolute Gasteiger partial charge is 0.462 e. The highest BCUT2D eigenvalue weighted by molar-refractivity contribution is 7.20. The van der Waals surface area contributed by atoms with Gasteiger partial charge >= 0.3 is 5.97 Å². The fourth-order valence-corrected chi connectivity index (χ4v) is 5.06. The second-order valence-corrected chi connectivity index (χ2v) is 8.79. The SMILES string of the molecule is CCOC(=O)c1sc2nc(C)nc(N3CCC(NC(=O)c4ccc(F)cc4)CC3)c2c1C. The molecule has 3 heterocycles. The molecule has 0 spiro atoms. The Kier molecular flexibility index (Phi) is 6.36. The molecule has 1 fully saturated rings. The molecule has 1 aliphatic heterocycles. The molecule has 0 saturated carbocycles. The maximum absolute atomic E-state index is 13.1. The minimum Gasteiger partial charge on any atom is -0.462 e. The molecule has 3 aromatic rings. The van der Waals surface area contributed by atoms with Crippen LogP contribution in [0.5, 0.6) is 0 Å². The topological polar surface area (TPSA) is 84.4 Å². The van der Waals surface area contributed by atoms with Gasteiger partial charge in [0.2, 0.25) is 0 Å². The molecule has 1 aliphatic rings. The van der Waals surface area contributed by atoms with Crippen molar-refractivity contribution in [2.45, 2.75) is 39.7 Å². The third-order valence-electron chi connectivity index (χ3n) is 5.58. The zero-order valence-corrected chi connectivity index (χ0v) is 19.1. The van der Waals surface area contributed by atoms with Gasteiger partial charge in [0.25, 0.3) is 5.91 Å². The number of esters is 1. The van der Waals surface area contributed by atoms with E-state index in [1.807, 2.05) is 13.8 Å². The molecule has 1 aromatic carbocycles. The maximum atomic E-state index is 13.1. The molecule has 0 aliphatic carbocycles. The number of hydrogen-bond acceptors (Lipinski definition) is 7. The summed E-state index contributed by atoms with van der Waals surface area (Å²) in [4.78, 5) is 37.6. The lowest BCUT2D eigenvalue weighted by Crippen LogP contribution is -2.45. The Morgan fingerprint density at radius 2 is 1.88 bits per heavy atom. The van der Waals surface area contributed by atoms with Crippen LogP contribution in [0.3, 0.4) is 0 Å². The highest BCUT2D eigenvalue weighted by Crippen LogP contribution is 2.36. The molecule has 168 valence electrons. The zero-order chi connectivity index (χ0) is 22.8. The maximum Gasteiger partial charge on any atom is 0.348 e. The fraction of sp³-hybridized carbons (Fsp3) is 0.391. The molecule has 1 N–H and O–H groups in total. The van der Waals surface area contributed by atoms with Crippen LogP contribution in [0.25, 0.3) is 10.2 Å². The first-order chi connectivity index (χ1) is 15.4. The smallest absolute Gasteiger partial charge is 0.348 e. The number of carbonyl (C=O) groups excluding carboxylic acids is 2. The average Bonchev–Trinajstić information content (AvgIpc) is 3.10. The molecule has 1 saturated heterocycles. The molecule has 2 aromatic heterocycles. The fourth-order valence-electron chi connectivity index (χ4n) is 3.95. The molecule has 0 bridgehead atoms. The van der Waals surface area contributed by atoms with Crippen LogP contribution in [0, 0.1) is 19.7 Å². The summed E-state index contributed by atoms with van der Waals surface area (Å²) in [6.45, 7) is 7.28. The van der Waals surface area contributed by atoms with Crippen LogP contribution in [-0.4, -0.2) is 47.6 Å². The minimum absolute atomic E-state index is 0.0286. The van der Waals surface area contributed by atoms with E-state index in [9.17, 15) is 14.0 Å². The van der Waals surface area contributed by atoms with Crippen molar-refractivity contribution < 1.29 is 18.7 Å². The number of hydrogen-bond donors (Lipinski definition) is 1. The van der Waals surface area contributed by atoms with Crippen molar-refractivity contribution in [3.05, 3.63) is 51.9 Å². The predicted molar refractivity (Wildman–Crippen MR) is 122 cm³/mol. The first-order valence-corrected chi connectivity index (χ1v) is 11.4. The summed E-state index contributed by atoms with van der Waals surface area (Å²) < 4.78 is 18.3. The lowest BCUT2D eigenvalue weighted by atomic mass is 10.0. The van der Waals surface area contributed by atoms with E-state index < -0.39 is 0 Å². The Balaban J connectivity index is 1.50. The third kappa shape index (κ3) is 4.43. The van der Waals surface area contributed by atoms with E-state index in [1.165, 1.54) is 35.6 Å². The van der Waals surface area contributed by atoms with Crippen LogP contribution in [-0.2, 0) is 4.74 Å². The standard InChI is InChI=1S/C23H25FN4O3S/c1-4-31-23(30)19-13(2)18-20(25-14(3)26-22(18)32-19)28-11-9-17(10-12-28)27-21(29)15-5-7-16(24)8-6-15/h5-8,17H,4,9-12H2,1-3H3,(H,27,29). The van der Waals surface area contributed by atoms with Crippen molar-refractivity contribution in [2.75, 3.05) is 24.6 Å². The lowest BCUT2D eigenvalue weighted by Gasteiger charge is -2.33. The first kappa shape index (κ1) is 22.1. The normalized spacial score (nSPS) is 14.6. The molecule has 1 amide bonds. The number of nitrogens with one attached hydrogen (secondary N) is 1. The number of fused-ring (bicyclic) bond motifs is 1. The van der Waals surface area contributed by atoms with Crippen molar-refractivity contribution in [1.29, 1.82) is 0 Å². The van der Waals surface area contributed by atoms with Crippen molar-refractivity contribution in [3.8, 4) is 0 Å². The lowest BCUT2D eigenvalue weighted by molar-refractivity contribution is 0.0531. The van der Waals surface area contributed by atoms with Crippen LogP contribution in [0.4, 0.5) is 10.2 Å². The molecule has 4 rings (SSSR count). The zero-order valence-electron chi connectivity index (χ0n) is 18.3. The van der Waals surface area contributed by atoms with Crippen LogP contribution < -0.4 is 10.2 Å². The molecule has 9 heteroatoms. The molecular weight excluding hydrogens is 431 g/mol. The Bertz CT molecular complexity index is 1150. The quantitative estimate of drug-likeness (QED) is 0.584. The summed E-state index contributed by atoms with van der Waals surface area (Å²) in [6.07, 6.45) is 1.51. The van der Waals surface area contributed by atoms with Gasteiger partial charge < -0.3 is 15.0 Å². The summed E-state index contributed by atoms with van der Waals surface area (Å²) in [5.74, 6) is 0.572. The Morgan fingerprint density at radius 3 is 2.53 bits per heavy atom. The predicted octanol–water partition coefficient (Wildman–Crippen LogP) is 4.02. The van der Waals surface area contributed by atoms with Gasteiger partial charge in [0, 0.05) is 24.7 Å². The van der Waals surface area contributed by atoms with Crippen LogP contribution in [0.15, 0.2) is 24.3 Å². The molecular formula is C23H25FN4O3S. The number of thiophene rings is 1. The van der Waals surface area contributed by atoms with Crippen LogP contribution >= 0.6 is 11.3 Å². The van der Waals surface area contributed by atoms with Crippen molar-refractivity contribution in [1.82, 2.24) is 15.3 Å². The van der Waals surface area contributed by atoms with Crippen molar-refractivity contribution in [3.63, 3.8) is 0 Å². The number of benzene rings is 1. The van der Waals surface area contributed by atoms with Gasteiger partial charge in [0.1, 0.15) is 27.2 Å². The number of carbonyl (C=O) groups is 2. The molecule has 0 radical (unpaired) electrons. The summed E-state index contributed by atoms with van der Waals surface area (Å²) in [5, 5.41) is 3.93. The van der Waals surface area contributed by atoms with Gasteiger partial charge in [0.05, 0.1) is 12.0 Å². The highest BCUT2D eigenvalue weighted by Gasteiger charge is 2.27. The third-order valence-corrected chi connectivity index (χ3v) is 6.75. The van der Waals surface area contributed by atoms with Crippen molar-refractivity contribution >= 4 is 39.2 Å². The number of nitrogens with zero attached hydrogens (tertiary/aromatic N) is 3. The van der Waals surface area contributed by atoms with E-state index in [4.69, 9.17) is 9.72 Å². The van der Waals surface area contributed by atoms with Gasteiger partial charge in [0.15, 0.2) is 0 Å². The van der Waals surface area contributed by atoms with Gasteiger partial charge in [-0.1, -0.05) is 0 Å². The van der Waals surface area contributed by atoms with Gasteiger partial charge in [-0.15, -0.1) is 11.3 Å². The van der Waals surface area contributed by atoms with Gasteiger partial charge in [-0.25, -0.2) is 19.2 Å². The minimum atomic E-state index is -0.365. The Hall–Kier alpha value is -3.07. The summed E-state index contributed by atoms with van der Waals surface area (Å²) >= 11 is 1.34. The summed E-state index contributed by atoms with van der Waals surface area (Å²) in [5.41, 5.74) is 1.28. The van der Waals surface area contributed by atoms with E-state index in [0.717, 1.165) is 34.4 Å². The number of piperidine rings is 1. The van der Waals surface area contributed by atoms with Gasteiger partial charge in [-0.05, 0) is 63.4 Å². The Labute approximate surface area is 189 Å². The van der Waals surface area contributed by atoms with E-state index in [-0.39, 0.29) is 23.7 Å². The Morgan fingerprint density at radius 1 is 1.19 bits per heavy atom. The molecule has 0 unspecified atom stereocenters. The number of rotatable bonds is 5. The molecule has 7 nitrogen and oxygen atoms in total. The van der Waals surface area contributed by atoms with Crippen LogP contribution in [0.2, 0.25) is 0 Å². The van der Waals surface area contributed by atoms with E-state index in [2.05, 4.69) is 15.2 Å². The van der Waals surface area contributed by atoms with Gasteiger partial charge in [-0.3, -0.25) is 4.79 Å². The van der Waals surface area contributed by atoms with Crippen molar-refractivity contribution in [2.24, 2.45) is 0 Å². The number of aromatic nitrogens is 2. The number of ether oxygens (including phenoxy) is 1. The highest BCUT2D eigenvalue weighted by atomic mass is 32.1. The van der Waals surface area contributed by atoms with E-state index in [1.54, 1.807) is 6.92 Å². The summed E-state index contributed by atoms with van der Waals surface area (Å²) in [7, 11) is 0. The number of aryl methyl sites for hydroxylation is 2. The summed E-state index contributed by atoms with van der Waals surface area (Å²) in [6, 6.07) is 5.57. The first-order valence-electron chi connectivity index (χ1n) is 10.6. The second-order valence-electron chi connectivity index (χ2n) is 7.79. The molecule has 0 atom stereocenters. The number of halogens is 1. The average molecular weight is 457 g/mol. The molecule has 32 heavy (non-hydrogen) atoms. The van der Waals surface area contributed by atoms with E-state index in [0.29, 0.717) is 36.0 Å². The number of anilines is 1. The second kappa shape index (κ2) is 9.20. The van der Waals surface area contributed by atoms with E-state index >= 15 is 0 Å². The monoisotopic (exact) mass is 456 g/mol. The van der Waals surface area contributed by atoms with Gasteiger partial charge in [-0.2, -0.15) is 0 Å². The van der Waals surface area contributed by atoms with Crippen LogP contribution in [0.1, 0.15) is 51.2 Å². The number of amides is 1.